The predicted octanol–water partition coefficient (Wildman–Crippen LogP) is 4.28. The third-order valence-corrected chi connectivity index (χ3v) is 4.90. The Labute approximate surface area is 106 Å². The van der Waals surface area contributed by atoms with Gasteiger partial charge in [-0.2, -0.15) is 0 Å². The van der Waals surface area contributed by atoms with Crippen molar-refractivity contribution in [1.29, 1.82) is 0 Å². The Balaban J connectivity index is 2.08. The lowest BCUT2D eigenvalue weighted by molar-refractivity contribution is 0.223. The van der Waals surface area contributed by atoms with Crippen molar-refractivity contribution in [1.82, 2.24) is 0 Å². The van der Waals surface area contributed by atoms with E-state index >= 15 is 0 Å². The summed E-state index contributed by atoms with van der Waals surface area (Å²) in [4.78, 5) is 0. The Kier molecular flexibility index (Phi) is 3.91. The van der Waals surface area contributed by atoms with Gasteiger partial charge in [0.05, 0.1) is 0 Å². The van der Waals surface area contributed by atoms with Gasteiger partial charge in [-0.1, -0.05) is 47.3 Å². The van der Waals surface area contributed by atoms with Gasteiger partial charge in [0.2, 0.25) is 0 Å². The van der Waals surface area contributed by atoms with Crippen molar-refractivity contribution in [3.8, 4) is 5.75 Å². The van der Waals surface area contributed by atoms with E-state index in [1.165, 1.54) is 37.7 Å². The number of phenols is 1. The fraction of sp³-hybridized carbons (Fsp3) is 0.571. The zero-order chi connectivity index (χ0) is 11.4. The largest absolute Gasteiger partial charge is 0.508 e. The molecule has 2 heteroatoms. The number of aromatic hydroxyl groups is 1. The number of phenolic OH excluding ortho intramolecular Hbond substituents is 1. The molecular weight excluding hydrogens is 264 g/mol. The Hall–Kier alpha value is -0.500. The molecule has 0 aromatic heterocycles. The van der Waals surface area contributed by atoms with Gasteiger partial charge in [0, 0.05) is 5.33 Å². The molecule has 16 heavy (non-hydrogen) atoms. The van der Waals surface area contributed by atoms with Crippen LogP contribution in [-0.2, 0) is 6.42 Å². The van der Waals surface area contributed by atoms with Crippen LogP contribution in [0, 0.1) is 5.41 Å². The summed E-state index contributed by atoms with van der Waals surface area (Å²) in [6, 6.07) is 7.68. The fourth-order valence-electron chi connectivity index (χ4n) is 2.71. The van der Waals surface area contributed by atoms with Gasteiger partial charge in [-0.05, 0) is 42.4 Å². The maximum absolute atomic E-state index is 9.27. The van der Waals surface area contributed by atoms with E-state index in [0.29, 0.717) is 11.2 Å². The molecule has 0 aliphatic heterocycles. The van der Waals surface area contributed by atoms with E-state index in [-0.39, 0.29) is 0 Å². The summed E-state index contributed by atoms with van der Waals surface area (Å²) in [5.74, 6) is 0.361. The Morgan fingerprint density at radius 3 is 2.25 bits per heavy atom. The second-order valence-electron chi connectivity index (χ2n) is 5.04. The lowest BCUT2D eigenvalue weighted by Gasteiger charge is -2.36. The molecule has 1 aromatic rings. The molecule has 0 bridgehead atoms. The van der Waals surface area contributed by atoms with Crippen LogP contribution in [0.25, 0.3) is 0 Å². The molecule has 0 spiro atoms. The number of hydrogen-bond donors (Lipinski definition) is 1. The average molecular weight is 283 g/mol. The molecule has 1 aliphatic carbocycles. The van der Waals surface area contributed by atoms with Gasteiger partial charge in [0.15, 0.2) is 0 Å². The van der Waals surface area contributed by atoms with E-state index in [1.807, 2.05) is 12.1 Å². The molecule has 1 nitrogen and oxygen atoms in total. The number of hydrogen-bond acceptors (Lipinski definition) is 1. The van der Waals surface area contributed by atoms with E-state index in [9.17, 15) is 5.11 Å². The second-order valence-corrected chi connectivity index (χ2v) is 5.60. The van der Waals surface area contributed by atoms with Crippen LogP contribution in [0.4, 0.5) is 0 Å². The minimum atomic E-state index is 0.361. The summed E-state index contributed by atoms with van der Waals surface area (Å²) >= 11 is 3.69. The van der Waals surface area contributed by atoms with Crippen LogP contribution in [0.1, 0.15) is 37.7 Å². The zero-order valence-corrected chi connectivity index (χ0v) is 11.2. The first-order valence-electron chi connectivity index (χ1n) is 6.08. The molecule has 0 atom stereocenters. The Bertz CT molecular complexity index is 325. The molecule has 0 unspecified atom stereocenters. The first-order chi connectivity index (χ1) is 7.74. The minimum absolute atomic E-state index is 0.361. The summed E-state index contributed by atoms with van der Waals surface area (Å²) in [6.07, 6.45) is 7.93. The van der Waals surface area contributed by atoms with E-state index in [0.717, 1.165) is 11.8 Å². The van der Waals surface area contributed by atoms with Crippen molar-refractivity contribution in [3.05, 3.63) is 29.8 Å². The number of halogens is 1. The fourth-order valence-corrected chi connectivity index (χ4v) is 3.47. The topological polar surface area (TPSA) is 20.2 Å². The molecule has 1 fully saturated rings. The maximum atomic E-state index is 9.27. The molecule has 0 radical (unpaired) electrons. The number of rotatable bonds is 3. The smallest absolute Gasteiger partial charge is 0.115 e. The number of alkyl halides is 1. The van der Waals surface area contributed by atoms with Gasteiger partial charge in [0.25, 0.3) is 0 Å². The molecule has 1 aromatic carbocycles. The highest BCUT2D eigenvalue weighted by atomic mass is 79.9. The summed E-state index contributed by atoms with van der Waals surface area (Å²) in [6.45, 7) is 0. The van der Waals surface area contributed by atoms with Gasteiger partial charge in [-0.3, -0.25) is 0 Å². The molecule has 2 rings (SSSR count). The minimum Gasteiger partial charge on any atom is -0.508 e. The van der Waals surface area contributed by atoms with Crippen LogP contribution in [0.5, 0.6) is 5.75 Å². The standard InChI is InChI=1S/C14H19BrO/c15-11-14(8-2-1-3-9-14)10-12-4-6-13(16)7-5-12/h4-7,16H,1-3,8-11H2. The highest BCUT2D eigenvalue weighted by Gasteiger charge is 2.30. The molecular formula is C14H19BrO. The maximum Gasteiger partial charge on any atom is 0.115 e. The second kappa shape index (κ2) is 5.22. The lowest BCUT2D eigenvalue weighted by atomic mass is 9.72. The molecule has 1 saturated carbocycles. The molecule has 0 saturated heterocycles. The third kappa shape index (κ3) is 2.79. The highest BCUT2D eigenvalue weighted by molar-refractivity contribution is 9.09. The van der Waals surface area contributed by atoms with E-state index in [4.69, 9.17) is 0 Å². The van der Waals surface area contributed by atoms with Crippen LogP contribution in [-0.4, -0.2) is 10.4 Å². The predicted molar refractivity (Wildman–Crippen MR) is 71.1 cm³/mol. The third-order valence-electron chi connectivity index (χ3n) is 3.71. The van der Waals surface area contributed by atoms with Gasteiger partial charge in [-0.15, -0.1) is 0 Å². The van der Waals surface area contributed by atoms with Crippen LogP contribution in [0.3, 0.4) is 0 Å². The van der Waals surface area contributed by atoms with Crippen molar-refractivity contribution in [2.45, 2.75) is 38.5 Å². The van der Waals surface area contributed by atoms with E-state index in [1.54, 1.807) is 12.1 Å². The van der Waals surface area contributed by atoms with Gasteiger partial charge < -0.3 is 5.11 Å². The van der Waals surface area contributed by atoms with E-state index < -0.39 is 0 Å². The molecule has 1 N–H and O–H groups in total. The summed E-state index contributed by atoms with van der Waals surface area (Å²) < 4.78 is 0. The Morgan fingerprint density at radius 2 is 1.69 bits per heavy atom. The lowest BCUT2D eigenvalue weighted by Crippen LogP contribution is -2.28. The van der Waals surface area contributed by atoms with Crippen LogP contribution >= 0.6 is 15.9 Å². The molecule has 1 aliphatic rings. The van der Waals surface area contributed by atoms with E-state index in [2.05, 4.69) is 15.9 Å². The quantitative estimate of drug-likeness (QED) is 0.821. The zero-order valence-electron chi connectivity index (χ0n) is 9.58. The summed E-state index contributed by atoms with van der Waals surface area (Å²) in [7, 11) is 0. The normalized spacial score (nSPS) is 19.6. The monoisotopic (exact) mass is 282 g/mol. The van der Waals surface area contributed by atoms with Crippen molar-refractivity contribution in [3.63, 3.8) is 0 Å². The highest BCUT2D eigenvalue weighted by Crippen LogP contribution is 2.40. The van der Waals surface area contributed by atoms with Crippen LogP contribution in [0.2, 0.25) is 0 Å². The van der Waals surface area contributed by atoms with Crippen LogP contribution < -0.4 is 0 Å². The molecule has 0 amide bonds. The van der Waals surface area contributed by atoms with Gasteiger partial charge in [-0.25, -0.2) is 0 Å². The van der Waals surface area contributed by atoms with Crippen LogP contribution in [0.15, 0.2) is 24.3 Å². The Morgan fingerprint density at radius 1 is 1.06 bits per heavy atom. The summed E-state index contributed by atoms with van der Waals surface area (Å²) in [5, 5.41) is 10.4. The van der Waals surface area contributed by atoms with Gasteiger partial charge in [0.1, 0.15) is 5.75 Å². The van der Waals surface area contributed by atoms with Gasteiger partial charge >= 0.3 is 0 Å². The van der Waals surface area contributed by atoms with Crippen molar-refractivity contribution in [2.75, 3.05) is 5.33 Å². The molecule has 88 valence electrons. The van der Waals surface area contributed by atoms with Crippen molar-refractivity contribution in [2.24, 2.45) is 5.41 Å². The average Bonchev–Trinajstić information content (AvgIpc) is 2.33. The van der Waals surface area contributed by atoms with Crippen molar-refractivity contribution < 1.29 is 5.11 Å². The number of benzene rings is 1. The first-order valence-corrected chi connectivity index (χ1v) is 7.20. The van der Waals surface area contributed by atoms with Crippen molar-refractivity contribution >= 4 is 15.9 Å². The SMILES string of the molecule is Oc1ccc(CC2(CBr)CCCCC2)cc1. The first kappa shape index (κ1) is 12.0. The molecule has 0 heterocycles. The summed E-state index contributed by atoms with van der Waals surface area (Å²) in [5.41, 5.74) is 1.80.